The van der Waals surface area contributed by atoms with Gasteiger partial charge in [-0.05, 0) is 69.2 Å². The van der Waals surface area contributed by atoms with Crippen LogP contribution >= 0.6 is 64.3 Å². The Hall–Kier alpha value is -0.110. The minimum atomic E-state index is -3.04. The van der Waals surface area contributed by atoms with Crippen LogP contribution in [0.3, 0.4) is 0 Å². The van der Waals surface area contributed by atoms with Gasteiger partial charge in [0.2, 0.25) is 0 Å². The molecule has 0 fully saturated rings. The molecule has 1 aliphatic rings. The van der Waals surface area contributed by atoms with Crippen molar-refractivity contribution < 1.29 is 0 Å². The molecule has 1 heterocycles. The number of rotatable bonds is 4. The van der Waals surface area contributed by atoms with Crippen molar-refractivity contribution in [2.24, 2.45) is 13.5 Å². The Kier molecular flexibility index (Phi) is 5.64. The highest BCUT2D eigenvalue weighted by Crippen LogP contribution is 2.84. The summed E-state index contributed by atoms with van der Waals surface area (Å²) in [6, 6.07) is 18.7. The summed E-state index contributed by atoms with van der Waals surface area (Å²) in [5, 5.41) is 6.20. The molecule has 12 heteroatoms. The highest BCUT2D eigenvalue weighted by atomic mass is 35.9. The molecule has 0 saturated heterocycles. The van der Waals surface area contributed by atoms with Gasteiger partial charge in [-0.2, -0.15) is 13.5 Å². The van der Waals surface area contributed by atoms with Crippen LogP contribution < -0.4 is 10.2 Å². The summed E-state index contributed by atoms with van der Waals surface area (Å²) in [5.41, 5.74) is 1.51. The first-order valence-corrected chi connectivity index (χ1v) is 15.3. The summed E-state index contributed by atoms with van der Waals surface area (Å²) in [6.07, 6.45) is 0. The molecule has 1 aliphatic heterocycles. The molecule has 5 nitrogen and oxygen atoms in total. The predicted octanol–water partition coefficient (Wildman–Crippen LogP) is 9.02. The number of benzene rings is 2. The van der Waals surface area contributed by atoms with Gasteiger partial charge < -0.3 is 10.2 Å². The molecule has 128 valence electrons. The number of nitrogens with zero attached hydrogens (tertiary/aromatic N) is 3. The van der Waals surface area contributed by atoms with Gasteiger partial charge in [0.15, 0.2) is 0 Å². The molecule has 2 aromatic rings. The maximum atomic E-state index is 6.61. The fourth-order valence-electron chi connectivity index (χ4n) is 1.94. The summed E-state index contributed by atoms with van der Waals surface area (Å²) in [7, 11) is 0. The van der Waals surface area contributed by atoms with E-state index in [4.69, 9.17) is 45.0 Å². The minimum absolute atomic E-state index is 0.756. The van der Waals surface area contributed by atoms with E-state index in [1.165, 1.54) is 0 Å². The molecule has 0 radical (unpaired) electrons. The van der Waals surface area contributed by atoms with Crippen LogP contribution in [0.2, 0.25) is 0 Å². The molecular weight excluding hydrogens is 449 g/mol. The van der Waals surface area contributed by atoms with Crippen LogP contribution in [0, 0.1) is 0 Å². The summed E-state index contributed by atoms with van der Waals surface area (Å²) in [5.74, 6) is -3.04. The Morgan fingerprint density at radius 1 is 0.583 bits per heavy atom. The lowest BCUT2D eigenvalue weighted by Crippen LogP contribution is -1.95. The van der Waals surface area contributed by atoms with Crippen LogP contribution in [-0.2, 0) is 0 Å². The number of hydrogen-bond acceptors (Lipinski definition) is 5. The van der Waals surface area contributed by atoms with Crippen molar-refractivity contribution in [1.82, 2.24) is 0 Å². The third-order valence-electron chi connectivity index (χ3n) is 2.78. The Morgan fingerprint density at radius 3 is 1.46 bits per heavy atom. The highest BCUT2D eigenvalue weighted by Gasteiger charge is 2.33. The Morgan fingerprint density at radius 2 is 1.00 bits per heavy atom. The molecule has 2 atom stereocenters. The number of hydrogen-bond donors (Lipinski definition) is 2. The van der Waals surface area contributed by atoms with Gasteiger partial charge in [-0.3, -0.25) is 0 Å². The van der Waals surface area contributed by atoms with E-state index >= 15 is 0 Å². The minimum Gasteiger partial charge on any atom is -0.323 e. The summed E-state index contributed by atoms with van der Waals surface area (Å²) >= 11 is 25.8. The zero-order chi connectivity index (χ0) is 17.3. The SMILES string of the molecule is ClP1(Cl)=N[P@](Cl)(Nc2ccccc2)=N[P@](Cl)(Nc2ccccc2)=N1. The summed E-state index contributed by atoms with van der Waals surface area (Å²) in [4.78, 5) is 0. The summed E-state index contributed by atoms with van der Waals surface area (Å²) < 4.78 is 13.0. The van der Waals surface area contributed by atoms with Gasteiger partial charge >= 0.3 is 0 Å². The fourth-order valence-corrected chi connectivity index (χ4v) is 17.7. The molecule has 2 aromatic carbocycles. The van der Waals surface area contributed by atoms with Crippen LogP contribution in [0.4, 0.5) is 11.4 Å². The Bertz CT molecular complexity index is 850. The van der Waals surface area contributed by atoms with E-state index in [2.05, 4.69) is 23.7 Å². The monoisotopic (exact) mass is 459 g/mol. The lowest BCUT2D eigenvalue weighted by Gasteiger charge is -2.26. The fraction of sp³-hybridized carbons (Fsp3) is 0. The second-order valence-corrected chi connectivity index (χ2v) is 16.5. The maximum absolute atomic E-state index is 6.61. The van der Waals surface area contributed by atoms with Gasteiger partial charge in [0.1, 0.15) is 0 Å². The number of halogens is 4. The molecule has 2 N–H and O–H groups in total. The predicted molar refractivity (Wildman–Crippen MR) is 112 cm³/mol. The summed E-state index contributed by atoms with van der Waals surface area (Å²) in [6.45, 7) is -5.89. The molecule has 0 amide bonds. The lowest BCUT2D eigenvalue weighted by molar-refractivity contribution is 1.62. The lowest BCUT2D eigenvalue weighted by atomic mass is 10.3. The highest BCUT2D eigenvalue weighted by molar-refractivity contribution is 8.18. The van der Waals surface area contributed by atoms with E-state index in [0.717, 1.165) is 11.4 Å². The number of anilines is 2. The zero-order valence-corrected chi connectivity index (χ0v) is 17.7. The van der Waals surface area contributed by atoms with Crippen LogP contribution in [0.25, 0.3) is 0 Å². The molecule has 0 aromatic heterocycles. The first kappa shape index (κ1) is 18.7. The third-order valence-corrected chi connectivity index (χ3v) is 14.8. The van der Waals surface area contributed by atoms with Crippen LogP contribution in [0.1, 0.15) is 0 Å². The molecular formula is C12H12Cl4N5P3. The van der Waals surface area contributed by atoms with Crippen LogP contribution in [0.15, 0.2) is 74.2 Å². The van der Waals surface area contributed by atoms with Crippen molar-refractivity contribution in [3.63, 3.8) is 0 Å². The maximum Gasteiger partial charge on any atom is 0.262 e. The molecule has 24 heavy (non-hydrogen) atoms. The first-order chi connectivity index (χ1) is 11.3. The van der Waals surface area contributed by atoms with Gasteiger partial charge in [0.05, 0.1) is 0 Å². The number of para-hydroxylation sites is 2. The topological polar surface area (TPSA) is 61.1 Å². The third kappa shape index (κ3) is 4.96. The molecule has 0 unspecified atom stereocenters. The van der Waals surface area contributed by atoms with E-state index in [9.17, 15) is 0 Å². The van der Waals surface area contributed by atoms with Crippen molar-refractivity contribution in [2.45, 2.75) is 0 Å². The average molecular weight is 461 g/mol. The van der Waals surface area contributed by atoms with Crippen LogP contribution in [0.5, 0.6) is 0 Å². The van der Waals surface area contributed by atoms with E-state index in [1.807, 2.05) is 60.7 Å². The van der Waals surface area contributed by atoms with Gasteiger partial charge in [0, 0.05) is 11.4 Å². The zero-order valence-electron chi connectivity index (χ0n) is 12.0. The second-order valence-electron chi connectivity index (χ2n) is 4.73. The van der Waals surface area contributed by atoms with E-state index < -0.39 is 19.3 Å². The average Bonchev–Trinajstić information content (AvgIpc) is 2.45. The molecule has 0 spiro atoms. The van der Waals surface area contributed by atoms with Crippen LogP contribution in [-0.4, -0.2) is 0 Å². The first-order valence-electron chi connectivity index (χ1n) is 6.64. The van der Waals surface area contributed by atoms with Gasteiger partial charge in [-0.25, -0.2) is 0 Å². The normalized spacial score (nSPS) is 28.0. The van der Waals surface area contributed by atoms with Gasteiger partial charge in [-0.15, -0.1) is 0 Å². The Labute approximate surface area is 159 Å². The number of nitrogens with one attached hydrogen (secondary N) is 2. The van der Waals surface area contributed by atoms with Crippen molar-refractivity contribution >= 4 is 75.7 Å². The molecule has 0 saturated carbocycles. The van der Waals surface area contributed by atoms with Crippen molar-refractivity contribution in [3.8, 4) is 0 Å². The van der Waals surface area contributed by atoms with Crippen molar-refractivity contribution in [3.05, 3.63) is 60.7 Å². The largest absolute Gasteiger partial charge is 0.323 e. The Balaban J connectivity index is 2.02. The van der Waals surface area contributed by atoms with E-state index in [0.29, 0.717) is 0 Å². The standard InChI is InChI=1S/C12H12Cl4N5P3/c13-22(14)19-23(15,17-11-7-3-1-4-8-11)21-24(16,20-22)18-12-9-5-2-6-10-12/h1-10,17-18H/t23-,24+. The smallest absolute Gasteiger partial charge is 0.262 e. The van der Waals surface area contributed by atoms with Crippen molar-refractivity contribution in [1.29, 1.82) is 0 Å². The van der Waals surface area contributed by atoms with Gasteiger partial charge in [0.25, 0.3) is 19.3 Å². The quantitative estimate of drug-likeness (QED) is 0.447. The second kappa shape index (κ2) is 7.25. The van der Waals surface area contributed by atoms with Gasteiger partial charge in [-0.1, -0.05) is 36.4 Å². The molecule has 0 aliphatic carbocycles. The van der Waals surface area contributed by atoms with Crippen molar-refractivity contribution in [2.75, 3.05) is 10.2 Å². The molecule has 3 rings (SSSR count). The van der Waals surface area contributed by atoms with E-state index in [-0.39, 0.29) is 0 Å². The molecule has 0 bridgehead atoms. The van der Waals surface area contributed by atoms with E-state index in [1.54, 1.807) is 0 Å².